The standard InChI is InChI=1S/C25H19Br2NO5/c1-2-9-28-18(12-14-5-7-19(29)16(26)11-14)22(15-6-8-20(30)17(27)13-15)23(25(28)32)24(31)21-4-3-10-33-21/h3-8,10-13,29-30H,2,9H2,1H3. The number of Topliss-reactive ketones (excluding diaryl/α,β-unsaturated/α-hetero) is 1. The van der Waals surface area contributed by atoms with E-state index in [9.17, 15) is 19.8 Å². The number of phenolic OH excluding ortho intramolecular Hbond substituents is 2. The zero-order chi connectivity index (χ0) is 23.7. The monoisotopic (exact) mass is 571 g/mol. The highest BCUT2D eigenvalue weighted by Crippen LogP contribution is 2.41. The summed E-state index contributed by atoms with van der Waals surface area (Å²) in [6, 6.07) is 13.0. The Morgan fingerprint density at radius 2 is 1.76 bits per heavy atom. The molecule has 2 aromatic carbocycles. The van der Waals surface area contributed by atoms with E-state index in [-0.39, 0.29) is 22.8 Å². The van der Waals surface area contributed by atoms with Gasteiger partial charge in [0, 0.05) is 12.1 Å². The van der Waals surface area contributed by atoms with Crippen molar-refractivity contribution in [1.82, 2.24) is 4.90 Å². The Morgan fingerprint density at radius 1 is 1.06 bits per heavy atom. The van der Waals surface area contributed by atoms with Gasteiger partial charge in [-0.15, -0.1) is 0 Å². The van der Waals surface area contributed by atoms with Crippen molar-refractivity contribution in [3.63, 3.8) is 0 Å². The van der Waals surface area contributed by atoms with Crippen LogP contribution in [0.4, 0.5) is 0 Å². The first kappa shape index (κ1) is 23.1. The fourth-order valence-electron chi connectivity index (χ4n) is 3.68. The minimum absolute atomic E-state index is 0.0000776. The fraction of sp³-hybridized carbons (Fsp3) is 0.120. The molecule has 0 bridgehead atoms. The van der Waals surface area contributed by atoms with E-state index >= 15 is 0 Å². The van der Waals surface area contributed by atoms with E-state index in [0.29, 0.717) is 38.7 Å². The van der Waals surface area contributed by atoms with E-state index < -0.39 is 11.7 Å². The minimum Gasteiger partial charge on any atom is -0.507 e. The molecule has 33 heavy (non-hydrogen) atoms. The van der Waals surface area contributed by atoms with Crippen molar-refractivity contribution in [2.45, 2.75) is 13.3 Å². The summed E-state index contributed by atoms with van der Waals surface area (Å²) in [6.45, 7) is 2.35. The zero-order valence-corrected chi connectivity index (χ0v) is 20.7. The van der Waals surface area contributed by atoms with Crippen LogP contribution in [0.1, 0.15) is 35.0 Å². The summed E-state index contributed by atoms with van der Waals surface area (Å²) in [4.78, 5) is 28.5. The Hall–Kier alpha value is -3.10. The van der Waals surface area contributed by atoms with Crippen LogP contribution in [0.15, 0.2) is 79.4 Å². The number of hydrogen-bond acceptors (Lipinski definition) is 5. The zero-order valence-electron chi connectivity index (χ0n) is 17.5. The van der Waals surface area contributed by atoms with Crippen LogP contribution in [0.3, 0.4) is 0 Å². The molecule has 0 saturated heterocycles. The minimum atomic E-state index is -0.513. The third-order valence-corrected chi connectivity index (χ3v) is 6.46. The van der Waals surface area contributed by atoms with Crippen molar-refractivity contribution in [2.24, 2.45) is 0 Å². The third-order valence-electron chi connectivity index (χ3n) is 5.19. The number of halogens is 2. The first-order chi connectivity index (χ1) is 15.8. The second kappa shape index (κ2) is 9.41. The van der Waals surface area contributed by atoms with Crippen molar-refractivity contribution in [1.29, 1.82) is 0 Å². The average molecular weight is 573 g/mol. The van der Waals surface area contributed by atoms with Crippen LogP contribution in [-0.2, 0) is 4.79 Å². The van der Waals surface area contributed by atoms with Crippen molar-refractivity contribution < 1.29 is 24.2 Å². The van der Waals surface area contributed by atoms with Gasteiger partial charge in [0.2, 0.25) is 5.78 Å². The number of amides is 1. The van der Waals surface area contributed by atoms with Gasteiger partial charge in [0.05, 0.1) is 20.9 Å². The molecular weight excluding hydrogens is 554 g/mol. The fourth-order valence-corrected chi connectivity index (χ4v) is 4.45. The summed E-state index contributed by atoms with van der Waals surface area (Å²) in [5.41, 5.74) is 2.31. The van der Waals surface area contributed by atoms with Crippen molar-refractivity contribution in [3.8, 4) is 11.5 Å². The Balaban J connectivity index is 1.99. The summed E-state index contributed by atoms with van der Waals surface area (Å²) in [5.74, 6) is -0.723. The molecule has 2 N–H and O–H groups in total. The number of aromatic hydroxyl groups is 2. The van der Waals surface area contributed by atoms with Crippen molar-refractivity contribution >= 4 is 55.2 Å². The molecular formula is C25H19Br2NO5. The molecule has 0 radical (unpaired) electrons. The SMILES string of the molecule is CCCN1C(=O)C(C(=O)c2ccco2)=C(c2ccc(O)c(Br)c2)C1=Cc1ccc(O)c(Br)c1. The van der Waals surface area contributed by atoms with Crippen LogP contribution in [0, 0.1) is 0 Å². The molecule has 168 valence electrons. The molecule has 1 aliphatic heterocycles. The van der Waals surface area contributed by atoms with Gasteiger partial charge in [-0.05, 0) is 91.9 Å². The summed E-state index contributed by atoms with van der Waals surface area (Å²) in [5, 5.41) is 19.9. The number of furan rings is 1. The van der Waals surface area contributed by atoms with Gasteiger partial charge in [0.1, 0.15) is 17.1 Å². The molecule has 0 atom stereocenters. The first-order valence-electron chi connectivity index (χ1n) is 10.2. The molecule has 0 aliphatic carbocycles. The van der Waals surface area contributed by atoms with E-state index in [1.54, 1.807) is 47.4 Å². The maximum atomic E-state index is 13.5. The summed E-state index contributed by atoms with van der Waals surface area (Å²) >= 11 is 6.65. The number of phenols is 2. The van der Waals surface area contributed by atoms with Crippen LogP contribution in [-0.4, -0.2) is 33.3 Å². The highest BCUT2D eigenvalue weighted by molar-refractivity contribution is 9.10. The lowest BCUT2D eigenvalue weighted by atomic mass is 9.95. The average Bonchev–Trinajstić information content (AvgIpc) is 3.41. The van der Waals surface area contributed by atoms with E-state index in [0.717, 1.165) is 5.56 Å². The largest absolute Gasteiger partial charge is 0.507 e. The van der Waals surface area contributed by atoms with Crippen LogP contribution in [0.5, 0.6) is 11.5 Å². The number of nitrogens with zero attached hydrogens (tertiary/aromatic N) is 1. The summed E-state index contributed by atoms with van der Waals surface area (Å²) in [7, 11) is 0. The van der Waals surface area contributed by atoms with Gasteiger partial charge in [0.25, 0.3) is 5.91 Å². The maximum absolute atomic E-state index is 13.5. The Bertz CT molecular complexity index is 1310. The van der Waals surface area contributed by atoms with Gasteiger partial charge in [-0.3, -0.25) is 9.59 Å². The van der Waals surface area contributed by atoms with Crippen LogP contribution in [0.2, 0.25) is 0 Å². The molecule has 3 aromatic rings. The normalized spacial score (nSPS) is 15.1. The van der Waals surface area contributed by atoms with E-state index in [2.05, 4.69) is 31.9 Å². The molecule has 4 rings (SSSR count). The predicted molar refractivity (Wildman–Crippen MR) is 132 cm³/mol. The molecule has 1 aliphatic rings. The number of ketones is 1. The highest BCUT2D eigenvalue weighted by atomic mass is 79.9. The Kier molecular flexibility index (Phi) is 6.58. The molecule has 6 nitrogen and oxygen atoms in total. The maximum Gasteiger partial charge on any atom is 0.263 e. The Labute approximate surface area is 207 Å². The third kappa shape index (κ3) is 4.41. The summed E-state index contributed by atoms with van der Waals surface area (Å²) < 4.78 is 6.25. The highest BCUT2D eigenvalue weighted by Gasteiger charge is 2.40. The quantitative estimate of drug-likeness (QED) is 0.273. The van der Waals surface area contributed by atoms with Crippen molar-refractivity contribution in [2.75, 3.05) is 6.54 Å². The Morgan fingerprint density at radius 3 is 2.36 bits per heavy atom. The van der Waals surface area contributed by atoms with E-state index in [4.69, 9.17) is 4.42 Å². The number of allylic oxidation sites excluding steroid dienone is 1. The number of benzene rings is 2. The smallest absolute Gasteiger partial charge is 0.263 e. The second-order valence-electron chi connectivity index (χ2n) is 7.42. The molecule has 0 spiro atoms. The van der Waals surface area contributed by atoms with Crippen molar-refractivity contribution in [3.05, 3.63) is 91.9 Å². The molecule has 1 amide bonds. The molecule has 0 unspecified atom stereocenters. The molecule has 2 heterocycles. The van der Waals surface area contributed by atoms with Gasteiger partial charge in [0.15, 0.2) is 5.76 Å². The van der Waals surface area contributed by atoms with Gasteiger partial charge in [-0.1, -0.05) is 19.1 Å². The molecule has 8 heteroatoms. The summed E-state index contributed by atoms with van der Waals surface area (Å²) in [6.07, 6.45) is 3.87. The van der Waals surface area contributed by atoms with Crippen LogP contribution < -0.4 is 0 Å². The molecule has 0 saturated carbocycles. The number of carbonyl (C=O) groups excluding carboxylic acids is 2. The molecule has 0 fully saturated rings. The first-order valence-corrected chi connectivity index (χ1v) is 11.7. The lowest BCUT2D eigenvalue weighted by Crippen LogP contribution is -2.28. The van der Waals surface area contributed by atoms with Gasteiger partial charge < -0.3 is 19.5 Å². The van der Waals surface area contributed by atoms with E-state index in [1.165, 1.54) is 18.4 Å². The van der Waals surface area contributed by atoms with Crippen LogP contribution >= 0.6 is 31.9 Å². The van der Waals surface area contributed by atoms with Gasteiger partial charge >= 0.3 is 0 Å². The lowest BCUT2D eigenvalue weighted by molar-refractivity contribution is -0.123. The number of rotatable bonds is 6. The topological polar surface area (TPSA) is 91.0 Å². The second-order valence-corrected chi connectivity index (χ2v) is 9.13. The number of hydrogen-bond donors (Lipinski definition) is 2. The van der Waals surface area contributed by atoms with Gasteiger partial charge in [-0.2, -0.15) is 0 Å². The predicted octanol–water partition coefficient (Wildman–Crippen LogP) is 6.15. The lowest BCUT2D eigenvalue weighted by Gasteiger charge is -2.20. The molecule has 1 aromatic heterocycles. The van der Waals surface area contributed by atoms with Crippen LogP contribution in [0.25, 0.3) is 11.6 Å². The van der Waals surface area contributed by atoms with E-state index in [1.807, 2.05) is 6.92 Å². The number of carbonyl (C=O) groups is 2. The van der Waals surface area contributed by atoms with Gasteiger partial charge in [-0.25, -0.2) is 0 Å².